The lowest BCUT2D eigenvalue weighted by Crippen LogP contribution is -2.38. The minimum absolute atomic E-state index is 0.0189. The monoisotopic (exact) mass is 398 g/mol. The van der Waals surface area contributed by atoms with Crippen LogP contribution in [0.3, 0.4) is 0 Å². The van der Waals surface area contributed by atoms with Gasteiger partial charge in [-0.3, -0.25) is 14.9 Å². The molecular formula is C21H22N2O6. The van der Waals surface area contributed by atoms with Gasteiger partial charge in [0.25, 0.3) is 11.6 Å². The molecule has 3 rings (SSSR count). The number of carbonyl (C=O) groups is 2. The first-order valence-corrected chi connectivity index (χ1v) is 9.36. The summed E-state index contributed by atoms with van der Waals surface area (Å²) in [7, 11) is 0. The first-order valence-electron chi connectivity index (χ1n) is 9.36. The van der Waals surface area contributed by atoms with Gasteiger partial charge < -0.3 is 14.4 Å². The average Bonchev–Trinajstić information content (AvgIpc) is 2.71. The molecule has 1 aliphatic heterocycles. The second-order valence-corrected chi connectivity index (χ2v) is 6.99. The van der Waals surface area contributed by atoms with Gasteiger partial charge in [-0.05, 0) is 62.6 Å². The number of non-ortho nitro benzene ring substituents is 1. The number of nitro benzene ring substituents is 1. The van der Waals surface area contributed by atoms with Crippen molar-refractivity contribution in [1.82, 2.24) is 0 Å². The molecule has 0 saturated carbocycles. The maximum Gasteiger partial charge on any atom is 0.338 e. The van der Waals surface area contributed by atoms with Crippen LogP contribution in [0.2, 0.25) is 0 Å². The smallest absolute Gasteiger partial charge is 0.338 e. The second kappa shape index (κ2) is 8.72. The quantitative estimate of drug-likeness (QED) is 0.419. The lowest BCUT2D eigenvalue weighted by molar-refractivity contribution is -0.384. The molecule has 2 aromatic rings. The predicted octanol–water partition coefficient (Wildman–Crippen LogP) is 3.52. The summed E-state index contributed by atoms with van der Waals surface area (Å²) in [5.74, 6) is -0.190. The molecule has 29 heavy (non-hydrogen) atoms. The molecule has 0 atom stereocenters. The number of amides is 1. The van der Waals surface area contributed by atoms with Gasteiger partial charge in [-0.2, -0.15) is 0 Å². The highest BCUT2D eigenvalue weighted by Crippen LogP contribution is 2.30. The Hall–Kier alpha value is -3.42. The lowest BCUT2D eigenvalue weighted by atomic mass is 10.0. The molecule has 0 N–H and O–H groups in total. The Morgan fingerprint density at radius 1 is 1.17 bits per heavy atom. The third-order valence-corrected chi connectivity index (χ3v) is 4.49. The van der Waals surface area contributed by atoms with Crippen LogP contribution in [0.25, 0.3) is 0 Å². The summed E-state index contributed by atoms with van der Waals surface area (Å²) in [6, 6.07) is 10.9. The number of fused-ring (bicyclic) bond motifs is 1. The molecule has 0 aliphatic carbocycles. The summed E-state index contributed by atoms with van der Waals surface area (Å²) in [4.78, 5) is 36.6. The van der Waals surface area contributed by atoms with Crippen LogP contribution in [-0.2, 0) is 16.0 Å². The van der Waals surface area contributed by atoms with Gasteiger partial charge in [0.1, 0.15) is 5.75 Å². The largest absolute Gasteiger partial charge is 0.484 e. The summed E-state index contributed by atoms with van der Waals surface area (Å²) in [5, 5.41) is 11.0. The maximum atomic E-state index is 12.6. The van der Waals surface area contributed by atoms with E-state index in [0.29, 0.717) is 30.0 Å². The van der Waals surface area contributed by atoms with E-state index in [4.69, 9.17) is 9.47 Å². The van der Waals surface area contributed by atoms with Gasteiger partial charge in [0.05, 0.1) is 16.6 Å². The Morgan fingerprint density at radius 3 is 2.55 bits per heavy atom. The number of nitrogens with zero attached hydrogens (tertiary/aromatic N) is 2. The number of carbonyl (C=O) groups excluding carboxylic acids is 2. The molecule has 0 radical (unpaired) electrons. The Morgan fingerprint density at radius 2 is 1.90 bits per heavy atom. The van der Waals surface area contributed by atoms with E-state index >= 15 is 0 Å². The zero-order chi connectivity index (χ0) is 21.0. The van der Waals surface area contributed by atoms with Gasteiger partial charge in [-0.1, -0.05) is 0 Å². The second-order valence-electron chi connectivity index (χ2n) is 6.99. The number of ether oxygens (including phenoxy) is 2. The van der Waals surface area contributed by atoms with E-state index in [1.165, 1.54) is 12.1 Å². The Kier molecular flexibility index (Phi) is 6.11. The highest BCUT2D eigenvalue weighted by molar-refractivity contribution is 5.96. The maximum absolute atomic E-state index is 12.6. The fraction of sp³-hybridized carbons (Fsp3) is 0.333. The van der Waals surface area contributed by atoms with Crippen molar-refractivity contribution in [3.05, 3.63) is 63.7 Å². The number of benzene rings is 2. The summed E-state index contributed by atoms with van der Waals surface area (Å²) in [5.41, 5.74) is 1.89. The fourth-order valence-corrected chi connectivity index (χ4v) is 3.15. The topological polar surface area (TPSA) is 99.0 Å². The van der Waals surface area contributed by atoms with Crippen molar-refractivity contribution < 1.29 is 24.0 Å². The zero-order valence-electron chi connectivity index (χ0n) is 16.3. The minimum atomic E-state index is -0.440. The van der Waals surface area contributed by atoms with Crippen LogP contribution in [0.1, 0.15) is 36.2 Å². The molecule has 2 aromatic carbocycles. The number of hydrogen-bond donors (Lipinski definition) is 0. The van der Waals surface area contributed by atoms with Crippen molar-refractivity contribution in [1.29, 1.82) is 0 Å². The standard InChI is InChI=1S/C21H22N2O6/c1-14(2)29-21(25)15-5-8-18(9-6-15)28-13-20(24)22-11-3-4-16-12-17(23(26)27)7-10-19(16)22/h5-10,12,14H,3-4,11,13H2,1-2H3. The molecule has 1 aliphatic rings. The van der Waals surface area contributed by atoms with Crippen molar-refractivity contribution >= 4 is 23.3 Å². The Balaban J connectivity index is 1.63. The van der Waals surface area contributed by atoms with E-state index in [2.05, 4.69) is 0 Å². The molecule has 0 bridgehead atoms. The van der Waals surface area contributed by atoms with Crippen LogP contribution >= 0.6 is 0 Å². The van der Waals surface area contributed by atoms with Gasteiger partial charge in [0.15, 0.2) is 6.61 Å². The number of esters is 1. The van der Waals surface area contributed by atoms with Crippen LogP contribution in [0.5, 0.6) is 5.75 Å². The number of anilines is 1. The highest BCUT2D eigenvalue weighted by atomic mass is 16.6. The normalized spacial score (nSPS) is 13.0. The van der Waals surface area contributed by atoms with E-state index in [1.54, 1.807) is 49.1 Å². The van der Waals surface area contributed by atoms with E-state index in [9.17, 15) is 19.7 Å². The minimum Gasteiger partial charge on any atom is -0.484 e. The van der Waals surface area contributed by atoms with Crippen LogP contribution in [0.15, 0.2) is 42.5 Å². The number of aryl methyl sites for hydroxylation is 1. The van der Waals surface area contributed by atoms with Crippen LogP contribution < -0.4 is 9.64 Å². The van der Waals surface area contributed by atoms with Crippen LogP contribution in [0.4, 0.5) is 11.4 Å². The van der Waals surface area contributed by atoms with Crippen molar-refractivity contribution in [2.45, 2.75) is 32.8 Å². The Bertz CT molecular complexity index is 923. The van der Waals surface area contributed by atoms with E-state index in [0.717, 1.165) is 12.0 Å². The van der Waals surface area contributed by atoms with Crippen LogP contribution in [-0.4, -0.2) is 36.1 Å². The molecule has 1 amide bonds. The van der Waals surface area contributed by atoms with E-state index in [1.807, 2.05) is 0 Å². The van der Waals surface area contributed by atoms with Gasteiger partial charge in [0, 0.05) is 24.4 Å². The molecule has 0 fully saturated rings. The molecule has 0 unspecified atom stereocenters. The van der Waals surface area contributed by atoms with Crippen molar-refractivity contribution in [3.8, 4) is 5.75 Å². The van der Waals surface area contributed by atoms with E-state index in [-0.39, 0.29) is 24.3 Å². The van der Waals surface area contributed by atoms with Crippen LogP contribution in [0, 0.1) is 10.1 Å². The number of rotatable bonds is 6. The van der Waals surface area contributed by atoms with Crippen molar-refractivity contribution in [3.63, 3.8) is 0 Å². The summed E-state index contributed by atoms with van der Waals surface area (Å²) < 4.78 is 10.7. The third-order valence-electron chi connectivity index (χ3n) is 4.49. The fourth-order valence-electron chi connectivity index (χ4n) is 3.15. The number of nitro groups is 1. The molecule has 8 heteroatoms. The zero-order valence-corrected chi connectivity index (χ0v) is 16.3. The molecular weight excluding hydrogens is 376 g/mol. The van der Waals surface area contributed by atoms with Crippen molar-refractivity contribution in [2.75, 3.05) is 18.1 Å². The van der Waals surface area contributed by atoms with Gasteiger partial charge >= 0.3 is 5.97 Å². The first kappa shape index (κ1) is 20.3. The summed E-state index contributed by atoms with van der Waals surface area (Å²) in [6.07, 6.45) is 1.22. The van der Waals surface area contributed by atoms with Gasteiger partial charge in [-0.25, -0.2) is 4.79 Å². The molecule has 1 heterocycles. The third kappa shape index (κ3) is 4.90. The Labute approximate surface area is 168 Å². The average molecular weight is 398 g/mol. The van der Waals surface area contributed by atoms with Crippen molar-refractivity contribution in [2.24, 2.45) is 0 Å². The predicted molar refractivity (Wildman–Crippen MR) is 106 cm³/mol. The van der Waals surface area contributed by atoms with E-state index < -0.39 is 10.9 Å². The SMILES string of the molecule is CC(C)OC(=O)c1ccc(OCC(=O)N2CCCc3cc([N+](=O)[O-])ccc32)cc1. The molecule has 0 spiro atoms. The molecule has 152 valence electrons. The summed E-state index contributed by atoms with van der Waals surface area (Å²) >= 11 is 0. The lowest BCUT2D eigenvalue weighted by Gasteiger charge is -2.29. The molecule has 0 aromatic heterocycles. The molecule has 0 saturated heterocycles. The number of hydrogen-bond acceptors (Lipinski definition) is 6. The van der Waals surface area contributed by atoms with Gasteiger partial charge in [-0.15, -0.1) is 0 Å². The highest BCUT2D eigenvalue weighted by Gasteiger charge is 2.24. The first-order chi connectivity index (χ1) is 13.8. The van der Waals surface area contributed by atoms with Gasteiger partial charge in [0.2, 0.25) is 0 Å². The molecule has 8 nitrogen and oxygen atoms in total. The summed E-state index contributed by atoms with van der Waals surface area (Å²) in [6.45, 7) is 3.91.